The number of carbonyl (C=O) groups excluding carboxylic acids is 1. The standard InChI is InChI=1S/C11H12N6O3/c12-5-6-16-7-10(14-15-16)11(18)13-8-1-3-9(4-2-8)17(19)20/h1-4,7H,5-6,12H2,(H,13,18). The summed E-state index contributed by atoms with van der Waals surface area (Å²) in [5, 5.41) is 20.5. The zero-order chi connectivity index (χ0) is 14.5. The number of aromatic nitrogens is 3. The van der Waals surface area contributed by atoms with Crippen molar-refractivity contribution in [3.63, 3.8) is 0 Å². The second kappa shape index (κ2) is 5.89. The number of rotatable bonds is 5. The van der Waals surface area contributed by atoms with Gasteiger partial charge in [0.05, 0.1) is 17.7 Å². The first-order valence-corrected chi connectivity index (χ1v) is 5.76. The molecule has 3 N–H and O–H groups in total. The van der Waals surface area contributed by atoms with E-state index in [-0.39, 0.29) is 11.4 Å². The van der Waals surface area contributed by atoms with E-state index in [1.54, 1.807) is 0 Å². The second-order valence-corrected chi connectivity index (χ2v) is 3.91. The van der Waals surface area contributed by atoms with Crippen LogP contribution in [-0.2, 0) is 6.54 Å². The second-order valence-electron chi connectivity index (χ2n) is 3.91. The third-order valence-corrected chi connectivity index (χ3v) is 2.47. The van der Waals surface area contributed by atoms with Crippen molar-refractivity contribution in [3.05, 3.63) is 46.3 Å². The largest absolute Gasteiger partial charge is 0.329 e. The van der Waals surface area contributed by atoms with Gasteiger partial charge in [-0.2, -0.15) is 0 Å². The maximum absolute atomic E-state index is 11.9. The van der Waals surface area contributed by atoms with E-state index in [9.17, 15) is 14.9 Å². The van der Waals surface area contributed by atoms with Crippen LogP contribution < -0.4 is 11.1 Å². The highest BCUT2D eigenvalue weighted by Gasteiger charge is 2.11. The molecule has 9 nitrogen and oxygen atoms in total. The summed E-state index contributed by atoms with van der Waals surface area (Å²) in [5.41, 5.74) is 5.91. The fraction of sp³-hybridized carbons (Fsp3) is 0.182. The number of nitrogens with zero attached hydrogens (tertiary/aromatic N) is 4. The highest BCUT2D eigenvalue weighted by molar-refractivity contribution is 6.02. The molecular formula is C11H12N6O3. The predicted molar refractivity (Wildman–Crippen MR) is 70.1 cm³/mol. The Balaban J connectivity index is 2.04. The molecule has 0 radical (unpaired) electrons. The van der Waals surface area contributed by atoms with Gasteiger partial charge in [-0.15, -0.1) is 5.10 Å². The minimum Gasteiger partial charge on any atom is -0.329 e. The van der Waals surface area contributed by atoms with Gasteiger partial charge in [0, 0.05) is 24.4 Å². The van der Waals surface area contributed by atoms with Gasteiger partial charge >= 0.3 is 0 Å². The van der Waals surface area contributed by atoms with Crippen molar-refractivity contribution in [2.24, 2.45) is 5.73 Å². The summed E-state index contributed by atoms with van der Waals surface area (Å²) in [6, 6.07) is 5.50. The Morgan fingerprint density at radius 1 is 1.40 bits per heavy atom. The smallest absolute Gasteiger partial charge is 0.277 e. The van der Waals surface area contributed by atoms with Crippen molar-refractivity contribution in [3.8, 4) is 0 Å². The van der Waals surface area contributed by atoms with Crippen LogP contribution in [0.2, 0.25) is 0 Å². The number of nitro benzene ring substituents is 1. The SMILES string of the molecule is NCCn1cc(C(=O)Nc2ccc([N+](=O)[O-])cc2)nn1. The Morgan fingerprint density at radius 2 is 2.10 bits per heavy atom. The molecule has 1 aromatic heterocycles. The number of nitrogens with one attached hydrogen (secondary N) is 1. The first kappa shape index (κ1) is 13.6. The Hall–Kier alpha value is -2.81. The third-order valence-electron chi connectivity index (χ3n) is 2.47. The Kier molecular flexibility index (Phi) is 4.01. The number of nitro groups is 1. The van der Waals surface area contributed by atoms with Crippen LogP contribution >= 0.6 is 0 Å². The highest BCUT2D eigenvalue weighted by atomic mass is 16.6. The van der Waals surface area contributed by atoms with Gasteiger partial charge in [0.2, 0.25) is 0 Å². The van der Waals surface area contributed by atoms with Gasteiger partial charge in [-0.3, -0.25) is 19.6 Å². The van der Waals surface area contributed by atoms with Gasteiger partial charge in [-0.05, 0) is 12.1 Å². The van der Waals surface area contributed by atoms with Crippen LogP contribution in [0.4, 0.5) is 11.4 Å². The Bertz CT molecular complexity index is 621. The van der Waals surface area contributed by atoms with Crippen molar-refractivity contribution in [1.82, 2.24) is 15.0 Å². The average Bonchev–Trinajstić information content (AvgIpc) is 2.88. The van der Waals surface area contributed by atoms with Crippen molar-refractivity contribution in [1.29, 1.82) is 0 Å². The molecule has 0 saturated carbocycles. The number of nitrogens with two attached hydrogens (primary N) is 1. The summed E-state index contributed by atoms with van der Waals surface area (Å²) < 4.78 is 1.46. The van der Waals surface area contributed by atoms with Gasteiger partial charge in [-0.25, -0.2) is 0 Å². The maximum Gasteiger partial charge on any atom is 0.277 e. The fourth-order valence-corrected chi connectivity index (χ4v) is 1.51. The lowest BCUT2D eigenvalue weighted by Crippen LogP contribution is -2.12. The van der Waals surface area contributed by atoms with Gasteiger partial charge in [0.25, 0.3) is 11.6 Å². The molecule has 0 unspecified atom stereocenters. The molecule has 0 fully saturated rings. The number of amides is 1. The molecule has 104 valence electrons. The normalized spacial score (nSPS) is 10.2. The third kappa shape index (κ3) is 3.14. The summed E-state index contributed by atoms with van der Waals surface area (Å²) in [7, 11) is 0. The first-order chi connectivity index (χ1) is 9.60. The molecule has 9 heteroatoms. The number of hydrogen-bond donors (Lipinski definition) is 2. The number of benzene rings is 1. The van der Waals surface area contributed by atoms with E-state index in [1.165, 1.54) is 35.1 Å². The van der Waals surface area contributed by atoms with Crippen LogP contribution in [0.1, 0.15) is 10.5 Å². The van der Waals surface area contributed by atoms with Crippen LogP contribution in [0, 0.1) is 10.1 Å². The molecule has 0 aliphatic rings. The number of hydrogen-bond acceptors (Lipinski definition) is 6. The number of carbonyl (C=O) groups is 1. The summed E-state index contributed by atoms with van der Waals surface area (Å²) in [6.07, 6.45) is 1.48. The van der Waals surface area contributed by atoms with Gasteiger partial charge in [-0.1, -0.05) is 5.21 Å². The first-order valence-electron chi connectivity index (χ1n) is 5.76. The maximum atomic E-state index is 11.9. The molecule has 1 aromatic carbocycles. The molecule has 0 aliphatic carbocycles. The van der Waals surface area contributed by atoms with E-state index >= 15 is 0 Å². The quantitative estimate of drug-likeness (QED) is 0.600. The minimum absolute atomic E-state index is 0.0445. The summed E-state index contributed by atoms with van der Waals surface area (Å²) >= 11 is 0. The van der Waals surface area contributed by atoms with Crippen LogP contribution in [0.3, 0.4) is 0 Å². The van der Waals surface area contributed by atoms with Crippen molar-refractivity contribution in [2.45, 2.75) is 6.54 Å². The molecule has 0 atom stereocenters. The van der Waals surface area contributed by atoms with Crippen LogP contribution in [0.15, 0.2) is 30.5 Å². The summed E-state index contributed by atoms with van der Waals surface area (Å²) in [6.45, 7) is 0.866. The van der Waals surface area contributed by atoms with Gasteiger partial charge < -0.3 is 11.1 Å². The fourth-order valence-electron chi connectivity index (χ4n) is 1.51. The minimum atomic E-state index is -0.510. The zero-order valence-electron chi connectivity index (χ0n) is 10.4. The molecule has 2 aromatic rings. The lowest BCUT2D eigenvalue weighted by Gasteiger charge is -2.01. The molecule has 0 aliphatic heterocycles. The van der Waals surface area contributed by atoms with Crippen molar-refractivity contribution < 1.29 is 9.72 Å². The number of non-ortho nitro benzene ring substituents is 1. The monoisotopic (exact) mass is 276 g/mol. The molecule has 0 saturated heterocycles. The summed E-state index contributed by atoms with van der Waals surface area (Å²) in [5.74, 6) is -0.442. The zero-order valence-corrected chi connectivity index (χ0v) is 10.4. The van der Waals surface area contributed by atoms with Crippen molar-refractivity contribution in [2.75, 3.05) is 11.9 Å². The lowest BCUT2D eigenvalue weighted by molar-refractivity contribution is -0.384. The molecule has 2 rings (SSSR count). The van der Waals surface area contributed by atoms with Crippen molar-refractivity contribution >= 4 is 17.3 Å². The van der Waals surface area contributed by atoms with E-state index in [0.29, 0.717) is 18.8 Å². The Labute approximate surface area is 113 Å². The van der Waals surface area contributed by atoms with Gasteiger partial charge in [0.1, 0.15) is 0 Å². The molecule has 0 spiro atoms. The highest BCUT2D eigenvalue weighted by Crippen LogP contribution is 2.15. The van der Waals surface area contributed by atoms with E-state index in [1.807, 2.05) is 0 Å². The Morgan fingerprint density at radius 3 is 2.70 bits per heavy atom. The predicted octanol–water partition coefficient (Wildman–Crippen LogP) is 0.397. The van der Waals surface area contributed by atoms with E-state index < -0.39 is 10.8 Å². The molecular weight excluding hydrogens is 264 g/mol. The van der Waals surface area contributed by atoms with Gasteiger partial charge in [0.15, 0.2) is 5.69 Å². The van der Waals surface area contributed by atoms with E-state index in [2.05, 4.69) is 15.6 Å². The average molecular weight is 276 g/mol. The summed E-state index contributed by atoms with van der Waals surface area (Å²) in [4.78, 5) is 21.9. The molecule has 20 heavy (non-hydrogen) atoms. The van der Waals surface area contributed by atoms with E-state index in [4.69, 9.17) is 5.73 Å². The van der Waals surface area contributed by atoms with Crippen LogP contribution in [0.25, 0.3) is 0 Å². The molecule has 0 bridgehead atoms. The topological polar surface area (TPSA) is 129 Å². The molecule has 1 heterocycles. The molecule has 1 amide bonds. The number of anilines is 1. The van der Waals surface area contributed by atoms with Crippen LogP contribution in [0.5, 0.6) is 0 Å². The lowest BCUT2D eigenvalue weighted by atomic mass is 10.3. The van der Waals surface area contributed by atoms with Crippen LogP contribution in [-0.4, -0.2) is 32.4 Å². The van der Waals surface area contributed by atoms with E-state index in [0.717, 1.165) is 0 Å².